The van der Waals surface area contributed by atoms with Gasteiger partial charge in [0.1, 0.15) is 30.2 Å². The Kier molecular flexibility index (Phi) is 18.3. The van der Waals surface area contributed by atoms with Crippen LogP contribution in [0.5, 0.6) is 0 Å². The van der Waals surface area contributed by atoms with Crippen LogP contribution in [0.3, 0.4) is 0 Å². The molecule has 2 rings (SSSR count). The van der Waals surface area contributed by atoms with Crippen LogP contribution in [0.4, 0.5) is 0 Å². The van der Waals surface area contributed by atoms with Crippen molar-refractivity contribution in [2.75, 3.05) is 46.2 Å². The van der Waals surface area contributed by atoms with E-state index in [4.69, 9.17) is 15.2 Å². The van der Waals surface area contributed by atoms with Crippen LogP contribution in [-0.2, 0) is 49.2 Å². The van der Waals surface area contributed by atoms with Crippen molar-refractivity contribution in [2.45, 2.75) is 83.1 Å². The summed E-state index contributed by atoms with van der Waals surface area (Å²) in [5.74, 6) is -5.82. The van der Waals surface area contributed by atoms with Crippen molar-refractivity contribution in [1.29, 1.82) is 0 Å². The molecule has 52 heavy (non-hydrogen) atoms. The van der Waals surface area contributed by atoms with Crippen molar-refractivity contribution in [3.63, 3.8) is 0 Å². The molecule has 10 N–H and O–H groups in total. The number of aromatic nitrogens is 2. The molecule has 6 amide bonds. The number of likely N-dealkylation sites (tertiary alicyclic amines) is 1. The van der Waals surface area contributed by atoms with Crippen LogP contribution in [0.15, 0.2) is 12.5 Å². The van der Waals surface area contributed by atoms with E-state index in [1.807, 2.05) is 13.8 Å². The van der Waals surface area contributed by atoms with Crippen molar-refractivity contribution in [2.24, 2.45) is 17.6 Å². The molecule has 1 aliphatic heterocycles. The van der Waals surface area contributed by atoms with Gasteiger partial charge in [-0.2, -0.15) is 0 Å². The van der Waals surface area contributed by atoms with Gasteiger partial charge in [0.25, 0.3) is 0 Å². The average Bonchev–Trinajstić information content (AvgIpc) is 3.76. The third kappa shape index (κ3) is 15.0. The molecule has 0 bridgehead atoms. The lowest BCUT2D eigenvalue weighted by Crippen LogP contribution is -2.60. The Morgan fingerprint density at radius 2 is 1.65 bits per heavy atom. The van der Waals surface area contributed by atoms with E-state index < -0.39 is 86.0 Å². The Morgan fingerprint density at radius 1 is 1.00 bits per heavy atom. The van der Waals surface area contributed by atoms with Gasteiger partial charge >= 0.3 is 7.60 Å². The van der Waals surface area contributed by atoms with Gasteiger partial charge < -0.3 is 61.3 Å². The van der Waals surface area contributed by atoms with Crippen molar-refractivity contribution in [3.8, 4) is 0 Å². The third-order valence-electron chi connectivity index (χ3n) is 8.23. The Bertz CT molecular complexity index is 1390. The summed E-state index contributed by atoms with van der Waals surface area (Å²) in [4.78, 5) is 106. The second-order valence-electron chi connectivity index (χ2n) is 13.1. The summed E-state index contributed by atoms with van der Waals surface area (Å²) in [6.45, 7) is 5.22. The zero-order valence-corrected chi connectivity index (χ0v) is 30.8. The number of rotatable bonds is 23. The summed E-state index contributed by atoms with van der Waals surface area (Å²) < 4.78 is 21.8. The second kappa shape index (κ2) is 21.6. The number of aliphatic hydroxyl groups excluding tert-OH is 1. The van der Waals surface area contributed by atoms with E-state index in [2.05, 4.69) is 31.2 Å². The van der Waals surface area contributed by atoms with Crippen LogP contribution in [0.1, 0.15) is 52.1 Å². The molecule has 6 atom stereocenters. The number of ether oxygens (including phenoxy) is 2. The van der Waals surface area contributed by atoms with Gasteiger partial charge in [0, 0.05) is 32.0 Å². The largest absolute Gasteiger partial charge is 0.394 e. The standard InChI is InChI=1S/C31H53N8O12P/c1-18(2)12-21(36-31(46)24-6-5-8-39(24)25(41)7-9-51-11-10-50-4)28(43)35-22(13-20-14-33-17-34-20)29(44)37-23(15-40)30(45)38-26(27(32)42)19(3)16-52(47,48)49/h14,17-19,21-24,26,40H,5-13,15-16H2,1-4H3,(H2,32,42)(H,33,34)(H,35,43)(H,36,46)(H,37,44)(H,38,45)(H2,47,48,49)/t19?,21-,22-,23-,24-,26-/m0/s1. The fourth-order valence-corrected chi connectivity index (χ4v) is 6.61. The van der Waals surface area contributed by atoms with E-state index in [0.717, 1.165) is 0 Å². The van der Waals surface area contributed by atoms with Crippen LogP contribution < -0.4 is 27.0 Å². The molecule has 0 spiro atoms. The maximum Gasteiger partial charge on any atom is 0.325 e. The first-order valence-corrected chi connectivity index (χ1v) is 18.8. The molecule has 0 aromatic carbocycles. The van der Waals surface area contributed by atoms with Gasteiger partial charge in [-0.1, -0.05) is 20.8 Å². The molecule has 20 nitrogen and oxygen atoms in total. The zero-order valence-electron chi connectivity index (χ0n) is 29.9. The molecule has 1 aliphatic rings. The minimum absolute atomic E-state index is 0.0657. The van der Waals surface area contributed by atoms with Gasteiger partial charge in [0.2, 0.25) is 35.4 Å². The number of hydrogen-bond donors (Lipinski definition) is 9. The predicted octanol–water partition coefficient (Wildman–Crippen LogP) is -2.73. The quantitative estimate of drug-likeness (QED) is 0.0405. The van der Waals surface area contributed by atoms with E-state index >= 15 is 0 Å². The second-order valence-corrected chi connectivity index (χ2v) is 14.8. The first-order chi connectivity index (χ1) is 24.5. The van der Waals surface area contributed by atoms with Gasteiger partial charge in [0.15, 0.2) is 0 Å². The number of H-pyrrole nitrogens is 1. The number of carbonyl (C=O) groups excluding carboxylic acids is 6. The number of nitrogens with zero attached hydrogens (tertiary/aromatic N) is 2. The first kappa shape index (κ1) is 44.2. The Morgan fingerprint density at radius 3 is 2.23 bits per heavy atom. The van der Waals surface area contributed by atoms with E-state index in [-0.39, 0.29) is 37.7 Å². The molecule has 1 unspecified atom stereocenters. The van der Waals surface area contributed by atoms with Gasteiger partial charge in [-0.25, -0.2) is 4.98 Å². The molecule has 1 aromatic heterocycles. The summed E-state index contributed by atoms with van der Waals surface area (Å²) in [6, 6.07) is -6.52. The van der Waals surface area contributed by atoms with E-state index in [1.165, 1.54) is 31.5 Å². The van der Waals surface area contributed by atoms with Crippen molar-refractivity contribution >= 4 is 43.0 Å². The van der Waals surface area contributed by atoms with Crippen molar-refractivity contribution < 1.29 is 57.7 Å². The maximum absolute atomic E-state index is 13.7. The topological polar surface area (TPSA) is 305 Å². The van der Waals surface area contributed by atoms with E-state index in [0.29, 0.717) is 38.3 Å². The van der Waals surface area contributed by atoms with Gasteiger partial charge in [-0.3, -0.25) is 33.3 Å². The highest BCUT2D eigenvalue weighted by Crippen LogP contribution is 2.37. The summed E-state index contributed by atoms with van der Waals surface area (Å²) in [6.07, 6.45) is 3.05. The Labute approximate surface area is 301 Å². The smallest absolute Gasteiger partial charge is 0.325 e. The fraction of sp³-hybridized carbons (Fsp3) is 0.710. The molecule has 0 aliphatic carbocycles. The molecule has 21 heteroatoms. The van der Waals surface area contributed by atoms with E-state index in [1.54, 1.807) is 0 Å². The highest BCUT2D eigenvalue weighted by Gasteiger charge is 2.37. The summed E-state index contributed by atoms with van der Waals surface area (Å²) in [7, 11) is -3.06. The van der Waals surface area contributed by atoms with Crippen LogP contribution in [0, 0.1) is 11.8 Å². The third-order valence-corrected chi connectivity index (χ3v) is 9.29. The number of nitrogens with two attached hydrogens (primary N) is 1. The number of amides is 6. The summed E-state index contributed by atoms with van der Waals surface area (Å²) in [5.41, 5.74) is 5.77. The van der Waals surface area contributed by atoms with E-state index in [9.17, 15) is 48.2 Å². The lowest BCUT2D eigenvalue weighted by Gasteiger charge is -2.29. The number of hydrogen-bond acceptors (Lipinski definition) is 11. The number of nitrogens with one attached hydrogen (secondary N) is 5. The molecular weight excluding hydrogens is 707 g/mol. The molecular formula is C31H53N8O12P. The number of aromatic amines is 1. The van der Waals surface area contributed by atoms with Crippen molar-refractivity contribution in [3.05, 3.63) is 18.2 Å². The molecule has 1 saturated heterocycles. The molecule has 1 aromatic rings. The maximum atomic E-state index is 13.7. The highest BCUT2D eigenvalue weighted by molar-refractivity contribution is 7.51. The fourth-order valence-electron chi connectivity index (χ4n) is 5.65. The number of methoxy groups -OCH3 is 1. The molecule has 294 valence electrons. The number of carbonyl (C=O) groups is 6. The number of primary amides is 1. The highest BCUT2D eigenvalue weighted by atomic mass is 31.2. The van der Waals surface area contributed by atoms with Gasteiger partial charge in [0.05, 0.1) is 45.3 Å². The lowest BCUT2D eigenvalue weighted by molar-refractivity contribution is -0.140. The SMILES string of the molecule is COCCOCCC(=O)N1CCC[C@H]1C(=O)N[C@@H](CC(C)C)C(=O)N[C@@H](Cc1cnc[nH]1)C(=O)N[C@@H](CO)C(=O)N[C@H](C(N)=O)C(C)CP(=O)(O)O. The molecule has 0 saturated carbocycles. The van der Waals surface area contributed by atoms with Crippen LogP contribution in [0.2, 0.25) is 0 Å². The Balaban J connectivity index is 2.19. The molecule has 0 radical (unpaired) electrons. The van der Waals surface area contributed by atoms with Gasteiger partial charge in [-0.15, -0.1) is 0 Å². The number of aliphatic hydroxyl groups is 1. The minimum Gasteiger partial charge on any atom is -0.394 e. The zero-order chi connectivity index (χ0) is 39.0. The summed E-state index contributed by atoms with van der Waals surface area (Å²) in [5, 5.41) is 19.9. The van der Waals surface area contributed by atoms with Gasteiger partial charge in [-0.05, 0) is 31.1 Å². The normalized spacial score (nSPS) is 17.5. The van der Waals surface area contributed by atoms with Crippen LogP contribution in [-0.4, -0.2) is 142 Å². The summed E-state index contributed by atoms with van der Waals surface area (Å²) >= 11 is 0. The van der Waals surface area contributed by atoms with Crippen LogP contribution >= 0.6 is 7.60 Å². The first-order valence-electron chi connectivity index (χ1n) is 17.0. The monoisotopic (exact) mass is 760 g/mol. The lowest BCUT2D eigenvalue weighted by atomic mass is 10.0. The number of imidazole rings is 1. The average molecular weight is 761 g/mol. The molecule has 2 heterocycles. The Hall–Kier alpha value is -3.94. The molecule has 1 fully saturated rings. The van der Waals surface area contributed by atoms with Crippen molar-refractivity contribution in [1.82, 2.24) is 36.1 Å². The predicted molar refractivity (Wildman–Crippen MR) is 184 cm³/mol. The minimum atomic E-state index is -4.59. The van der Waals surface area contributed by atoms with Crippen LogP contribution in [0.25, 0.3) is 0 Å².